The van der Waals surface area contributed by atoms with Gasteiger partial charge in [0.15, 0.2) is 0 Å². The van der Waals surface area contributed by atoms with E-state index in [0.717, 1.165) is 37.5 Å². The Morgan fingerprint density at radius 3 is 1.81 bits per heavy atom. The lowest BCUT2D eigenvalue weighted by molar-refractivity contribution is 0.112. The fraction of sp³-hybridized carbons (Fsp3) is 0.192. The second kappa shape index (κ2) is 9.14. The van der Waals surface area contributed by atoms with E-state index in [2.05, 4.69) is 79.4 Å². The Morgan fingerprint density at radius 2 is 1.33 bits per heavy atom. The molecule has 3 aromatic rings. The van der Waals surface area contributed by atoms with Crippen LogP contribution < -0.4 is 0 Å². The molecular weight excluding hydrogens is 328 g/mol. The summed E-state index contributed by atoms with van der Waals surface area (Å²) in [5.74, 6) is 0. The van der Waals surface area contributed by atoms with Crippen molar-refractivity contribution >= 4 is 6.29 Å². The molecule has 0 atom stereocenters. The van der Waals surface area contributed by atoms with Gasteiger partial charge in [-0.15, -0.1) is 6.58 Å². The van der Waals surface area contributed by atoms with Crippen LogP contribution in [0.25, 0.3) is 0 Å². The predicted molar refractivity (Wildman–Crippen MR) is 113 cm³/mol. The van der Waals surface area contributed by atoms with Gasteiger partial charge in [-0.2, -0.15) is 0 Å². The van der Waals surface area contributed by atoms with Gasteiger partial charge < -0.3 is 0 Å². The topological polar surface area (TPSA) is 17.1 Å². The summed E-state index contributed by atoms with van der Waals surface area (Å²) >= 11 is 0. The number of carbonyl (C=O) groups excluding carboxylic acids is 1. The van der Waals surface area contributed by atoms with Crippen LogP contribution in [0.4, 0.5) is 0 Å². The van der Waals surface area contributed by atoms with E-state index in [0.29, 0.717) is 0 Å². The molecule has 0 aromatic heterocycles. The molecule has 27 heavy (non-hydrogen) atoms. The molecule has 3 aromatic carbocycles. The van der Waals surface area contributed by atoms with E-state index >= 15 is 0 Å². The van der Waals surface area contributed by atoms with Gasteiger partial charge in [-0.3, -0.25) is 4.79 Å². The maximum atomic E-state index is 10.8. The first-order valence-corrected chi connectivity index (χ1v) is 9.54. The van der Waals surface area contributed by atoms with Gasteiger partial charge >= 0.3 is 0 Å². The molecule has 0 spiro atoms. The van der Waals surface area contributed by atoms with Gasteiger partial charge in [-0.05, 0) is 42.4 Å². The lowest BCUT2D eigenvalue weighted by Crippen LogP contribution is -2.27. The summed E-state index contributed by atoms with van der Waals surface area (Å²) in [5.41, 5.74) is 4.62. The van der Waals surface area contributed by atoms with Crippen molar-refractivity contribution in [2.45, 2.75) is 31.1 Å². The Balaban J connectivity index is 1.87. The minimum atomic E-state index is -0.0625. The number of hydrogen-bond donors (Lipinski definition) is 0. The third kappa shape index (κ3) is 4.43. The van der Waals surface area contributed by atoms with Gasteiger partial charge in [-0.1, -0.05) is 91.0 Å². The molecule has 0 aliphatic rings. The smallest absolute Gasteiger partial charge is 0.150 e. The van der Waals surface area contributed by atoms with Gasteiger partial charge in [0.25, 0.3) is 0 Å². The summed E-state index contributed by atoms with van der Waals surface area (Å²) < 4.78 is 0. The average molecular weight is 354 g/mol. The van der Waals surface area contributed by atoms with Crippen LogP contribution in [0, 0.1) is 0 Å². The molecule has 0 aliphatic carbocycles. The minimum absolute atomic E-state index is 0.0625. The van der Waals surface area contributed by atoms with Gasteiger partial charge in [0.05, 0.1) is 0 Å². The number of hydrogen-bond acceptors (Lipinski definition) is 1. The summed E-state index contributed by atoms with van der Waals surface area (Å²) in [5, 5.41) is 0. The molecule has 0 bridgehead atoms. The third-order valence-electron chi connectivity index (χ3n) is 5.33. The molecular formula is C26H26O. The molecule has 0 N–H and O–H groups in total. The van der Waals surface area contributed by atoms with Gasteiger partial charge in [0.1, 0.15) is 6.29 Å². The van der Waals surface area contributed by atoms with Crippen LogP contribution in [-0.4, -0.2) is 6.29 Å². The monoisotopic (exact) mass is 354 g/mol. The van der Waals surface area contributed by atoms with Crippen molar-refractivity contribution in [1.29, 1.82) is 0 Å². The number of carbonyl (C=O) groups is 1. The predicted octanol–water partition coefficient (Wildman–Crippen LogP) is 6.38. The van der Waals surface area contributed by atoms with Crippen LogP contribution in [0.3, 0.4) is 0 Å². The van der Waals surface area contributed by atoms with Crippen LogP contribution in [0.1, 0.15) is 46.3 Å². The van der Waals surface area contributed by atoms with Crippen molar-refractivity contribution in [3.8, 4) is 0 Å². The molecule has 0 radical (unpaired) electrons. The number of aldehydes is 1. The van der Waals surface area contributed by atoms with Crippen LogP contribution in [0.5, 0.6) is 0 Å². The van der Waals surface area contributed by atoms with Gasteiger partial charge in [-0.25, -0.2) is 0 Å². The fourth-order valence-corrected chi connectivity index (χ4v) is 3.91. The molecule has 136 valence electrons. The Kier molecular flexibility index (Phi) is 6.38. The first-order valence-electron chi connectivity index (χ1n) is 9.54. The van der Waals surface area contributed by atoms with Crippen molar-refractivity contribution in [1.82, 2.24) is 0 Å². The van der Waals surface area contributed by atoms with E-state index in [1.54, 1.807) is 0 Å². The molecule has 0 saturated carbocycles. The SMILES string of the molecule is C=CCC(CCCc1ccc(C=O)cc1)(c1ccccc1)c1ccccc1. The second-order valence-corrected chi connectivity index (χ2v) is 7.02. The highest BCUT2D eigenvalue weighted by atomic mass is 16.1. The molecule has 0 unspecified atom stereocenters. The third-order valence-corrected chi connectivity index (χ3v) is 5.33. The lowest BCUT2D eigenvalue weighted by Gasteiger charge is -2.35. The lowest BCUT2D eigenvalue weighted by atomic mass is 9.69. The van der Waals surface area contributed by atoms with Crippen molar-refractivity contribution in [3.63, 3.8) is 0 Å². The molecule has 3 rings (SSSR count). The van der Waals surface area contributed by atoms with Gasteiger partial charge in [0, 0.05) is 11.0 Å². The number of aryl methyl sites for hydroxylation is 1. The molecule has 1 nitrogen and oxygen atoms in total. The van der Waals surface area contributed by atoms with Gasteiger partial charge in [0.2, 0.25) is 0 Å². The van der Waals surface area contributed by atoms with E-state index in [1.807, 2.05) is 18.2 Å². The maximum Gasteiger partial charge on any atom is 0.150 e. The number of benzene rings is 3. The Bertz CT molecular complexity index is 808. The molecule has 0 saturated heterocycles. The summed E-state index contributed by atoms with van der Waals surface area (Å²) in [6.45, 7) is 4.05. The number of rotatable bonds is 9. The number of allylic oxidation sites excluding steroid dienone is 1. The Labute approximate surface area is 162 Å². The summed E-state index contributed by atoms with van der Waals surface area (Å²) in [6.07, 6.45) is 6.95. The maximum absolute atomic E-state index is 10.8. The summed E-state index contributed by atoms with van der Waals surface area (Å²) in [7, 11) is 0. The summed E-state index contributed by atoms with van der Waals surface area (Å²) in [6, 6.07) is 29.5. The van der Waals surface area contributed by atoms with E-state index in [1.165, 1.54) is 16.7 Å². The fourth-order valence-electron chi connectivity index (χ4n) is 3.91. The van der Waals surface area contributed by atoms with Crippen molar-refractivity contribution < 1.29 is 4.79 Å². The Morgan fingerprint density at radius 1 is 0.778 bits per heavy atom. The molecule has 0 heterocycles. The van der Waals surface area contributed by atoms with Crippen molar-refractivity contribution in [3.05, 3.63) is 120 Å². The van der Waals surface area contributed by atoms with E-state index in [-0.39, 0.29) is 5.41 Å². The van der Waals surface area contributed by atoms with Crippen molar-refractivity contribution in [2.75, 3.05) is 0 Å². The van der Waals surface area contributed by atoms with E-state index in [9.17, 15) is 4.79 Å². The normalized spacial score (nSPS) is 11.1. The second-order valence-electron chi connectivity index (χ2n) is 7.02. The van der Waals surface area contributed by atoms with Crippen LogP contribution in [-0.2, 0) is 11.8 Å². The molecule has 0 aliphatic heterocycles. The summed E-state index contributed by atoms with van der Waals surface area (Å²) in [4.78, 5) is 10.8. The zero-order valence-corrected chi connectivity index (χ0v) is 15.7. The zero-order valence-electron chi connectivity index (χ0n) is 15.7. The highest BCUT2D eigenvalue weighted by molar-refractivity contribution is 5.74. The highest BCUT2D eigenvalue weighted by Crippen LogP contribution is 2.40. The first kappa shape index (κ1) is 18.8. The zero-order chi connectivity index (χ0) is 19.0. The molecule has 0 amide bonds. The molecule has 0 fully saturated rings. The first-order chi connectivity index (χ1) is 13.3. The standard InChI is InChI=1S/C26H26O/c1-2-19-26(24-11-5-3-6-12-24,25-13-7-4-8-14-25)20-9-10-22-15-17-23(21-27)18-16-22/h2-8,11-18,21H,1,9-10,19-20H2. The van der Waals surface area contributed by atoms with E-state index in [4.69, 9.17) is 0 Å². The largest absolute Gasteiger partial charge is 0.298 e. The average Bonchev–Trinajstić information content (AvgIpc) is 2.75. The Hall–Kier alpha value is -2.93. The highest BCUT2D eigenvalue weighted by Gasteiger charge is 2.32. The van der Waals surface area contributed by atoms with Crippen LogP contribution in [0.15, 0.2) is 97.6 Å². The van der Waals surface area contributed by atoms with Crippen LogP contribution in [0.2, 0.25) is 0 Å². The van der Waals surface area contributed by atoms with E-state index < -0.39 is 0 Å². The van der Waals surface area contributed by atoms with Crippen molar-refractivity contribution in [2.24, 2.45) is 0 Å². The minimum Gasteiger partial charge on any atom is -0.298 e. The molecule has 1 heteroatoms. The van der Waals surface area contributed by atoms with Crippen LogP contribution >= 0.6 is 0 Å². The quantitative estimate of drug-likeness (QED) is 0.322.